The Morgan fingerprint density at radius 1 is 0.470 bits per heavy atom. The van der Waals surface area contributed by atoms with E-state index in [2.05, 4.69) is 38.2 Å². The van der Waals surface area contributed by atoms with Gasteiger partial charge in [-0.05, 0) is 44.9 Å². The third kappa shape index (κ3) is 33.8. The molecule has 1 saturated carbocycles. The fraction of sp³-hybridized carbons (Fsp3) is 0.885. The Morgan fingerprint density at radius 3 is 1.26 bits per heavy atom. The second-order valence-electron chi connectivity index (χ2n) is 18.7. The van der Waals surface area contributed by atoms with Crippen LogP contribution in [0.1, 0.15) is 239 Å². The fourth-order valence-electron chi connectivity index (χ4n) is 8.26. The van der Waals surface area contributed by atoms with E-state index in [1.165, 1.54) is 141 Å². The van der Waals surface area contributed by atoms with Gasteiger partial charge in [-0.15, -0.1) is 0 Å². The second kappa shape index (κ2) is 42.2. The molecule has 0 bridgehead atoms. The molecule has 388 valence electrons. The van der Waals surface area contributed by atoms with Crippen LogP contribution >= 0.6 is 7.82 Å². The second-order valence-corrected chi connectivity index (χ2v) is 20.1. The Morgan fingerprint density at radius 2 is 0.818 bits per heavy atom. The highest BCUT2D eigenvalue weighted by Gasteiger charge is 2.51. The molecule has 0 aromatic rings. The van der Waals surface area contributed by atoms with Gasteiger partial charge in [-0.2, -0.15) is 0 Å². The average Bonchev–Trinajstić information content (AvgIpc) is 3.30. The summed E-state index contributed by atoms with van der Waals surface area (Å²) >= 11 is 0. The Hall–Kier alpha value is -1.67. The number of aliphatic hydroxyl groups is 5. The first-order valence-corrected chi connectivity index (χ1v) is 28.1. The van der Waals surface area contributed by atoms with Gasteiger partial charge in [0.1, 0.15) is 43.2 Å². The Bertz CT molecular complexity index is 1250. The van der Waals surface area contributed by atoms with Crippen LogP contribution in [0.4, 0.5) is 0 Å². The van der Waals surface area contributed by atoms with E-state index in [0.717, 1.165) is 57.8 Å². The van der Waals surface area contributed by atoms with E-state index >= 15 is 0 Å². The summed E-state index contributed by atoms with van der Waals surface area (Å²) in [5.41, 5.74) is 0. The highest BCUT2D eigenvalue weighted by molar-refractivity contribution is 7.47. The van der Waals surface area contributed by atoms with Crippen molar-refractivity contribution in [3.05, 3.63) is 24.3 Å². The lowest BCUT2D eigenvalue weighted by Crippen LogP contribution is -2.64. The molecule has 1 fully saturated rings. The van der Waals surface area contributed by atoms with Gasteiger partial charge in [-0.1, -0.05) is 205 Å². The minimum absolute atomic E-state index is 0.101. The monoisotopic (exact) mass is 961 g/mol. The van der Waals surface area contributed by atoms with Crippen molar-refractivity contribution in [1.29, 1.82) is 0 Å². The number of aliphatic hydroxyl groups excluding tert-OH is 5. The van der Waals surface area contributed by atoms with Gasteiger partial charge in [-0.3, -0.25) is 18.6 Å². The summed E-state index contributed by atoms with van der Waals surface area (Å²) in [7, 11) is -5.12. The van der Waals surface area contributed by atoms with Crippen LogP contribution in [-0.4, -0.2) is 98.3 Å². The predicted molar refractivity (Wildman–Crippen MR) is 263 cm³/mol. The quantitative estimate of drug-likeness (QED) is 0.0145. The summed E-state index contributed by atoms with van der Waals surface area (Å²) in [4.78, 5) is 35.9. The van der Waals surface area contributed by atoms with Gasteiger partial charge in [0.05, 0.1) is 6.61 Å². The molecule has 0 radical (unpaired) electrons. The summed E-state index contributed by atoms with van der Waals surface area (Å²) in [6.45, 7) is 3.32. The fourth-order valence-corrected chi connectivity index (χ4v) is 9.23. The van der Waals surface area contributed by atoms with Crippen LogP contribution in [0.15, 0.2) is 24.3 Å². The van der Waals surface area contributed by atoms with Gasteiger partial charge >= 0.3 is 19.8 Å². The third-order valence-corrected chi connectivity index (χ3v) is 13.5. The number of ether oxygens (including phenoxy) is 2. The van der Waals surface area contributed by atoms with E-state index in [9.17, 15) is 44.6 Å². The van der Waals surface area contributed by atoms with Crippen LogP contribution in [0.2, 0.25) is 0 Å². The molecule has 13 nitrogen and oxygen atoms in total. The zero-order valence-electron chi connectivity index (χ0n) is 41.5. The molecule has 0 aromatic carbocycles. The lowest BCUT2D eigenvalue weighted by molar-refractivity contribution is -0.220. The Kier molecular flexibility index (Phi) is 39.9. The SMILES string of the molecule is CCCCC/C=C/C/C=C/CCCCCCCCCCCC(=O)OC[C@@H](COP(=O)(O)OC1C(O)C(O)C(O)[C@H](O)C1O)OC(=O)CCCCCCCCCCCCCCCCCCCC. The van der Waals surface area contributed by atoms with Gasteiger partial charge in [0.15, 0.2) is 6.10 Å². The number of carbonyl (C=O) groups is 2. The molecule has 0 amide bonds. The molecule has 0 saturated heterocycles. The van der Waals surface area contributed by atoms with Gasteiger partial charge < -0.3 is 39.9 Å². The molecule has 14 heteroatoms. The minimum atomic E-state index is -5.12. The molecule has 0 aromatic heterocycles. The van der Waals surface area contributed by atoms with Crippen LogP contribution in [0.25, 0.3) is 0 Å². The van der Waals surface area contributed by atoms with Crippen molar-refractivity contribution in [1.82, 2.24) is 0 Å². The van der Waals surface area contributed by atoms with Crippen molar-refractivity contribution in [3.63, 3.8) is 0 Å². The average molecular weight is 961 g/mol. The van der Waals surface area contributed by atoms with E-state index in [1.54, 1.807) is 0 Å². The normalized spacial score (nSPS) is 21.4. The molecular formula is C52H97O13P. The lowest BCUT2D eigenvalue weighted by atomic mass is 9.85. The van der Waals surface area contributed by atoms with E-state index in [1.807, 2.05) is 0 Å². The molecule has 8 atom stereocenters. The standard InChI is InChI=1S/C52H97O13P/c1-3-5-7-9-11-13-15-17-19-21-23-25-26-28-30-32-34-36-38-40-45(53)62-42-44(43-63-66(60,61)65-52-50(58)48(56)47(55)49(57)51(52)59)64-46(54)41-39-37-35-33-31-29-27-24-22-20-18-16-14-12-10-8-6-4-2/h11,13,17,19,44,47-52,55-59H,3-10,12,14-16,18,20-43H2,1-2H3,(H,60,61)/b13-11+,19-17+/t44-,47?,48-,49?,50?,51?,52?/m0/s1. The maximum absolute atomic E-state index is 12.9. The molecule has 6 N–H and O–H groups in total. The van der Waals surface area contributed by atoms with Gasteiger partial charge in [0.2, 0.25) is 0 Å². The van der Waals surface area contributed by atoms with Crippen molar-refractivity contribution in [3.8, 4) is 0 Å². The summed E-state index contributed by atoms with van der Waals surface area (Å²) in [6.07, 6.45) is 35.0. The van der Waals surface area contributed by atoms with Crippen LogP contribution in [0, 0.1) is 0 Å². The first-order chi connectivity index (χ1) is 31.9. The Labute approximate surface area is 400 Å². The van der Waals surface area contributed by atoms with E-state index in [0.29, 0.717) is 12.8 Å². The molecule has 1 aliphatic rings. The molecule has 6 unspecified atom stereocenters. The zero-order valence-corrected chi connectivity index (χ0v) is 42.4. The third-order valence-electron chi connectivity index (χ3n) is 12.5. The minimum Gasteiger partial charge on any atom is -0.462 e. The number of phosphoric acid groups is 1. The van der Waals surface area contributed by atoms with E-state index < -0.39 is 75.7 Å². The maximum atomic E-state index is 12.9. The van der Waals surface area contributed by atoms with Crippen LogP contribution in [-0.2, 0) is 32.7 Å². The van der Waals surface area contributed by atoms with Crippen molar-refractivity contribution in [2.24, 2.45) is 0 Å². The molecule has 1 aliphatic carbocycles. The maximum Gasteiger partial charge on any atom is 0.472 e. The number of allylic oxidation sites excluding steroid dienone is 4. The summed E-state index contributed by atoms with van der Waals surface area (Å²) in [5.74, 6) is -1.09. The van der Waals surface area contributed by atoms with Crippen molar-refractivity contribution in [2.45, 2.75) is 281 Å². The number of esters is 2. The Balaban J connectivity index is 2.37. The number of rotatable bonds is 45. The molecule has 0 heterocycles. The van der Waals surface area contributed by atoms with Crippen LogP contribution < -0.4 is 0 Å². The predicted octanol–water partition coefficient (Wildman–Crippen LogP) is 11.6. The number of phosphoric ester groups is 1. The summed E-state index contributed by atoms with van der Waals surface area (Å²) in [5, 5.41) is 50.3. The van der Waals surface area contributed by atoms with Crippen molar-refractivity contribution >= 4 is 19.8 Å². The van der Waals surface area contributed by atoms with Gasteiger partial charge in [0, 0.05) is 12.8 Å². The lowest BCUT2D eigenvalue weighted by Gasteiger charge is -2.41. The molecule has 0 aliphatic heterocycles. The molecular weight excluding hydrogens is 864 g/mol. The van der Waals surface area contributed by atoms with Crippen molar-refractivity contribution in [2.75, 3.05) is 13.2 Å². The molecule has 1 rings (SSSR count). The topological polar surface area (TPSA) is 210 Å². The largest absolute Gasteiger partial charge is 0.472 e. The smallest absolute Gasteiger partial charge is 0.462 e. The van der Waals surface area contributed by atoms with Gasteiger partial charge in [0.25, 0.3) is 0 Å². The van der Waals surface area contributed by atoms with E-state index in [-0.39, 0.29) is 12.8 Å². The first-order valence-electron chi connectivity index (χ1n) is 26.6. The first kappa shape index (κ1) is 62.3. The highest BCUT2D eigenvalue weighted by atomic mass is 31.2. The van der Waals surface area contributed by atoms with E-state index in [4.69, 9.17) is 18.5 Å². The van der Waals surface area contributed by atoms with Gasteiger partial charge in [-0.25, -0.2) is 4.57 Å². The number of hydrogen-bond donors (Lipinski definition) is 6. The van der Waals surface area contributed by atoms with Crippen LogP contribution in [0.3, 0.4) is 0 Å². The number of hydrogen-bond acceptors (Lipinski definition) is 12. The highest BCUT2D eigenvalue weighted by Crippen LogP contribution is 2.47. The zero-order chi connectivity index (χ0) is 48.5. The molecule has 0 spiro atoms. The summed E-state index contributed by atoms with van der Waals surface area (Å²) < 4.78 is 33.7. The van der Waals surface area contributed by atoms with Crippen molar-refractivity contribution < 1.29 is 63.1 Å². The number of unbranched alkanes of at least 4 members (excludes halogenated alkanes) is 29. The number of carbonyl (C=O) groups excluding carboxylic acids is 2. The summed E-state index contributed by atoms with van der Waals surface area (Å²) in [6, 6.07) is 0. The van der Waals surface area contributed by atoms with Crippen LogP contribution in [0.5, 0.6) is 0 Å². The molecule has 66 heavy (non-hydrogen) atoms.